The molecule has 0 radical (unpaired) electrons. The summed E-state index contributed by atoms with van der Waals surface area (Å²) < 4.78 is 1.51. The number of anilines is 1. The normalized spacial score (nSPS) is 16.8. The summed E-state index contributed by atoms with van der Waals surface area (Å²) in [5, 5.41) is 6.60. The highest BCUT2D eigenvalue weighted by atomic mass is 16.2. The molecule has 0 saturated carbocycles. The highest BCUT2D eigenvalue weighted by molar-refractivity contribution is 5.91. The number of allylic oxidation sites excluding steroid dienone is 1. The molecule has 28 heavy (non-hydrogen) atoms. The molecule has 2 heterocycles. The second kappa shape index (κ2) is 7.31. The summed E-state index contributed by atoms with van der Waals surface area (Å²) in [6, 6.07) is 15.0. The number of rotatable bonds is 4. The Kier molecular flexibility index (Phi) is 4.69. The van der Waals surface area contributed by atoms with Gasteiger partial charge in [-0.1, -0.05) is 43.0 Å². The van der Waals surface area contributed by atoms with Crippen LogP contribution < -0.4 is 16.2 Å². The average molecular weight is 374 g/mol. The standard InChI is InChI=1S/C22H22N4O2/c1-14-11-12-19(21(27)24-14)26-15(2)25-18-10-6-9-17(20(18)22(26)28)23-13-16-7-4-3-5-8-16/h3-10,19,23H,1,11-13H2,2H3,(H,24,27). The number of fused-ring (bicyclic) bond motifs is 1. The first-order valence-electron chi connectivity index (χ1n) is 9.33. The lowest BCUT2D eigenvalue weighted by Crippen LogP contribution is -2.41. The Balaban J connectivity index is 1.77. The van der Waals surface area contributed by atoms with E-state index in [0.29, 0.717) is 47.5 Å². The fourth-order valence-corrected chi connectivity index (χ4v) is 3.67. The smallest absolute Gasteiger partial charge is 0.264 e. The van der Waals surface area contributed by atoms with Crippen LogP contribution in [-0.2, 0) is 11.3 Å². The van der Waals surface area contributed by atoms with Crippen LogP contribution in [0.3, 0.4) is 0 Å². The van der Waals surface area contributed by atoms with Gasteiger partial charge in [-0.25, -0.2) is 4.98 Å². The number of piperidine rings is 1. The maximum atomic E-state index is 13.4. The van der Waals surface area contributed by atoms with Crippen LogP contribution in [0, 0.1) is 6.92 Å². The van der Waals surface area contributed by atoms with Crippen LogP contribution >= 0.6 is 0 Å². The lowest BCUT2D eigenvalue weighted by Gasteiger charge is -2.26. The van der Waals surface area contributed by atoms with Crippen molar-refractivity contribution in [1.29, 1.82) is 0 Å². The Morgan fingerprint density at radius 1 is 1.18 bits per heavy atom. The molecule has 142 valence electrons. The predicted octanol–water partition coefficient (Wildman–Crippen LogP) is 3.28. The minimum absolute atomic E-state index is 0.202. The lowest BCUT2D eigenvalue weighted by atomic mass is 10.0. The number of aromatic nitrogens is 2. The Labute approximate surface area is 162 Å². The average Bonchev–Trinajstić information content (AvgIpc) is 2.68. The molecule has 1 fully saturated rings. The molecule has 0 bridgehead atoms. The third-order valence-corrected chi connectivity index (χ3v) is 5.07. The third-order valence-electron chi connectivity index (χ3n) is 5.07. The Hall–Kier alpha value is -3.41. The highest BCUT2D eigenvalue weighted by Gasteiger charge is 2.28. The van der Waals surface area contributed by atoms with Crippen LogP contribution in [0.1, 0.15) is 30.3 Å². The van der Waals surface area contributed by atoms with Crippen molar-refractivity contribution in [3.63, 3.8) is 0 Å². The summed E-state index contributed by atoms with van der Waals surface area (Å²) in [5.41, 5.74) is 2.94. The van der Waals surface area contributed by atoms with E-state index in [-0.39, 0.29) is 11.5 Å². The second-order valence-corrected chi connectivity index (χ2v) is 7.02. The molecule has 6 heteroatoms. The fourth-order valence-electron chi connectivity index (χ4n) is 3.67. The first kappa shape index (κ1) is 18.0. The summed E-state index contributed by atoms with van der Waals surface area (Å²) >= 11 is 0. The quantitative estimate of drug-likeness (QED) is 0.735. The number of hydrogen-bond acceptors (Lipinski definition) is 4. The monoisotopic (exact) mass is 374 g/mol. The predicted molar refractivity (Wildman–Crippen MR) is 110 cm³/mol. The number of nitrogens with one attached hydrogen (secondary N) is 2. The summed E-state index contributed by atoms with van der Waals surface area (Å²) in [6.45, 7) is 6.17. The first-order valence-corrected chi connectivity index (χ1v) is 9.33. The van der Waals surface area contributed by atoms with Crippen LogP contribution in [0.5, 0.6) is 0 Å². The number of carbonyl (C=O) groups is 1. The van der Waals surface area contributed by atoms with Crippen LogP contribution in [-0.4, -0.2) is 15.5 Å². The van der Waals surface area contributed by atoms with E-state index in [2.05, 4.69) is 22.2 Å². The molecule has 2 aromatic carbocycles. The zero-order chi connectivity index (χ0) is 19.7. The van der Waals surface area contributed by atoms with Crippen molar-refractivity contribution >= 4 is 22.5 Å². The molecule has 1 atom stereocenters. The summed E-state index contributed by atoms with van der Waals surface area (Å²) in [5.74, 6) is 0.322. The largest absolute Gasteiger partial charge is 0.380 e. The molecular weight excluding hydrogens is 352 g/mol. The van der Waals surface area contributed by atoms with Crippen molar-refractivity contribution in [1.82, 2.24) is 14.9 Å². The number of carbonyl (C=O) groups excluding carboxylic acids is 1. The lowest BCUT2D eigenvalue weighted by molar-refractivity contribution is -0.124. The summed E-state index contributed by atoms with van der Waals surface area (Å²) in [7, 11) is 0. The van der Waals surface area contributed by atoms with E-state index in [1.54, 1.807) is 6.92 Å². The molecule has 1 aliphatic heterocycles. The van der Waals surface area contributed by atoms with Gasteiger partial charge in [0.1, 0.15) is 11.9 Å². The highest BCUT2D eigenvalue weighted by Crippen LogP contribution is 2.25. The van der Waals surface area contributed by atoms with Crippen molar-refractivity contribution in [3.8, 4) is 0 Å². The van der Waals surface area contributed by atoms with Gasteiger partial charge in [-0.3, -0.25) is 14.2 Å². The number of aryl methyl sites for hydroxylation is 1. The number of amides is 1. The van der Waals surface area contributed by atoms with Gasteiger partial charge in [-0.2, -0.15) is 0 Å². The zero-order valence-corrected chi connectivity index (χ0v) is 15.7. The van der Waals surface area contributed by atoms with E-state index in [9.17, 15) is 9.59 Å². The van der Waals surface area contributed by atoms with E-state index in [1.165, 1.54) is 4.57 Å². The molecular formula is C22H22N4O2. The molecule has 0 aliphatic carbocycles. The van der Waals surface area contributed by atoms with E-state index in [1.807, 2.05) is 48.5 Å². The number of benzene rings is 2. The van der Waals surface area contributed by atoms with E-state index in [4.69, 9.17) is 0 Å². The van der Waals surface area contributed by atoms with Gasteiger partial charge in [0.2, 0.25) is 5.91 Å². The molecule has 0 spiro atoms. The molecule has 1 amide bonds. The summed E-state index contributed by atoms with van der Waals surface area (Å²) in [4.78, 5) is 30.5. The van der Waals surface area contributed by atoms with E-state index < -0.39 is 6.04 Å². The maximum Gasteiger partial charge on any atom is 0.264 e. The fraction of sp³-hybridized carbons (Fsp3) is 0.227. The number of nitrogens with zero attached hydrogens (tertiary/aromatic N) is 2. The zero-order valence-electron chi connectivity index (χ0n) is 15.7. The van der Waals surface area contributed by atoms with E-state index >= 15 is 0 Å². The molecule has 4 rings (SSSR count). The maximum absolute atomic E-state index is 13.4. The first-order chi connectivity index (χ1) is 13.5. The molecule has 1 saturated heterocycles. The SMILES string of the molecule is C=C1CCC(n2c(C)nc3cccc(NCc4ccccc4)c3c2=O)C(=O)N1. The molecule has 3 aromatic rings. The van der Waals surface area contributed by atoms with Crippen molar-refractivity contribution in [3.05, 3.63) is 82.5 Å². The molecule has 1 aromatic heterocycles. The minimum Gasteiger partial charge on any atom is -0.380 e. The van der Waals surface area contributed by atoms with Crippen molar-refractivity contribution in [2.45, 2.75) is 32.4 Å². The van der Waals surface area contributed by atoms with Gasteiger partial charge < -0.3 is 10.6 Å². The van der Waals surface area contributed by atoms with Crippen LogP contribution in [0.15, 0.2) is 65.6 Å². The van der Waals surface area contributed by atoms with E-state index in [0.717, 1.165) is 5.56 Å². The Bertz CT molecular complexity index is 1120. The van der Waals surface area contributed by atoms with Gasteiger partial charge >= 0.3 is 0 Å². The van der Waals surface area contributed by atoms with Gasteiger partial charge in [-0.15, -0.1) is 0 Å². The van der Waals surface area contributed by atoms with Gasteiger partial charge in [0.25, 0.3) is 5.56 Å². The third kappa shape index (κ3) is 3.29. The van der Waals surface area contributed by atoms with Gasteiger partial charge in [0, 0.05) is 17.9 Å². The second-order valence-electron chi connectivity index (χ2n) is 7.02. The van der Waals surface area contributed by atoms with Crippen LogP contribution in [0.4, 0.5) is 5.69 Å². The Morgan fingerprint density at radius 2 is 1.96 bits per heavy atom. The molecule has 6 nitrogen and oxygen atoms in total. The van der Waals surface area contributed by atoms with Crippen molar-refractivity contribution < 1.29 is 4.79 Å². The summed E-state index contributed by atoms with van der Waals surface area (Å²) in [6.07, 6.45) is 1.19. The minimum atomic E-state index is -0.572. The van der Waals surface area contributed by atoms with Crippen LogP contribution in [0.25, 0.3) is 10.9 Å². The molecule has 1 aliphatic rings. The van der Waals surface area contributed by atoms with Crippen molar-refractivity contribution in [2.24, 2.45) is 0 Å². The van der Waals surface area contributed by atoms with Gasteiger partial charge in [0.05, 0.1) is 10.9 Å². The van der Waals surface area contributed by atoms with Gasteiger partial charge in [-0.05, 0) is 37.5 Å². The van der Waals surface area contributed by atoms with Crippen molar-refractivity contribution in [2.75, 3.05) is 5.32 Å². The Morgan fingerprint density at radius 3 is 2.71 bits per heavy atom. The molecule has 1 unspecified atom stereocenters. The topological polar surface area (TPSA) is 76.0 Å². The molecule has 2 N–H and O–H groups in total. The van der Waals surface area contributed by atoms with Gasteiger partial charge in [0.15, 0.2) is 0 Å². The number of hydrogen-bond donors (Lipinski definition) is 2. The van der Waals surface area contributed by atoms with Crippen LogP contribution in [0.2, 0.25) is 0 Å².